The molecular formula is C13H16N2O. The van der Waals surface area contributed by atoms with Crippen LogP contribution in [-0.2, 0) is 10.3 Å². The third-order valence-electron chi connectivity index (χ3n) is 2.69. The van der Waals surface area contributed by atoms with Crippen LogP contribution in [0.25, 0.3) is 10.9 Å². The highest BCUT2D eigenvalue weighted by molar-refractivity contribution is 5.78. The Morgan fingerprint density at radius 3 is 2.88 bits per heavy atom. The first kappa shape index (κ1) is 11.0. The lowest BCUT2D eigenvalue weighted by molar-refractivity contribution is 0.141. The number of pyridine rings is 1. The summed E-state index contributed by atoms with van der Waals surface area (Å²) in [5.74, 6) is 0. The lowest BCUT2D eigenvalue weighted by Gasteiger charge is -2.24. The number of fused-ring (bicyclic) bond motifs is 1. The first-order valence-electron chi connectivity index (χ1n) is 5.26. The number of nitrogens with zero attached hydrogens (tertiary/aromatic N) is 1. The molecule has 0 radical (unpaired) electrons. The molecule has 1 aromatic heterocycles. The molecule has 16 heavy (non-hydrogen) atoms. The van der Waals surface area contributed by atoms with Gasteiger partial charge in [0.05, 0.1) is 17.7 Å². The quantitative estimate of drug-likeness (QED) is 0.854. The molecule has 0 spiro atoms. The number of para-hydroxylation sites is 1. The van der Waals surface area contributed by atoms with Crippen LogP contribution in [0, 0.1) is 0 Å². The van der Waals surface area contributed by atoms with Gasteiger partial charge in [-0.3, -0.25) is 4.98 Å². The summed E-state index contributed by atoms with van der Waals surface area (Å²) in [6.07, 6.45) is 1.82. The van der Waals surface area contributed by atoms with Crippen molar-refractivity contribution in [2.45, 2.75) is 12.5 Å². The van der Waals surface area contributed by atoms with E-state index in [9.17, 15) is 0 Å². The predicted molar refractivity (Wildman–Crippen MR) is 65.2 cm³/mol. The monoisotopic (exact) mass is 216 g/mol. The van der Waals surface area contributed by atoms with E-state index in [0.717, 1.165) is 16.5 Å². The summed E-state index contributed by atoms with van der Waals surface area (Å²) in [5.41, 5.74) is 7.66. The van der Waals surface area contributed by atoms with Gasteiger partial charge in [-0.25, -0.2) is 0 Å². The zero-order valence-electron chi connectivity index (χ0n) is 9.60. The van der Waals surface area contributed by atoms with Crippen LogP contribution in [0.5, 0.6) is 0 Å². The molecule has 0 bridgehead atoms. The van der Waals surface area contributed by atoms with E-state index in [1.807, 2.05) is 37.4 Å². The van der Waals surface area contributed by atoms with Gasteiger partial charge >= 0.3 is 0 Å². The molecule has 0 aliphatic heterocycles. The molecule has 1 heterocycles. The maximum atomic E-state index is 6.17. The van der Waals surface area contributed by atoms with Gasteiger partial charge in [-0.2, -0.15) is 0 Å². The molecule has 0 aliphatic rings. The number of rotatable bonds is 3. The fourth-order valence-corrected chi connectivity index (χ4v) is 1.77. The predicted octanol–water partition coefficient (Wildman–Crippen LogP) is 2.06. The third kappa shape index (κ3) is 2.05. The molecule has 1 atom stereocenters. The van der Waals surface area contributed by atoms with Crippen LogP contribution in [0.4, 0.5) is 0 Å². The summed E-state index contributed by atoms with van der Waals surface area (Å²) in [6.45, 7) is 2.43. The van der Waals surface area contributed by atoms with E-state index in [1.165, 1.54) is 0 Å². The highest BCUT2D eigenvalue weighted by Crippen LogP contribution is 2.21. The molecule has 2 aromatic rings. The zero-order chi connectivity index (χ0) is 11.6. The van der Waals surface area contributed by atoms with Gasteiger partial charge < -0.3 is 10.5 Å². The molecule has 0 amide bonds. The van der Waals surface area contributed by atoms with Gasteiger partial charge in [0.25, 0.3) is 0 Å². The topological polar surface area (TPSA) is 48.1 Å². The van der Waals surface area contributed by atoms with Crippen LogP contribution in [0.3, 0.4) is 0 Å². The summed E-state index contributed by atoms with van der Waals surface area (Å²) >= 11 is 0. The maximum Gasteiger partial charge on any atom is 0.0702 e. The Hall–Kier alpha value is -1.45. The largest absolute Gasteiger partial charge is 0.382 e. The highest BCUT2D eigenvalue weighted by atomic mass is 16.5. The van der Waals surface area contributed by atoms with Crippen LogP contribution >= 0.6 is 0 Å². The van der Waals surface area contributed by atoms with E-state index >= 15 is 0 Å². The molecule has 1 unspecified atom stereocenters. The second kappa shape index (κ2) is 4.20. The number of benzene rings is 1. The molecule has 3 nitrogen and oxygen atoms in total. The van der Waals surface area contributed by atoms with Crippen molar-refractivity contribution in [1.29, 1.82) is 0 Å². The molecule has 3 heteroatoms. The van der Waals surface area contributed by atoms with E-state index in [0.29, 0.717) is 6.61 Å². The minimum atomic E-state index is -0.494. The molecule has 1 aromatic carbocycles. The van der Waals surface area contributed by atoms with Crippen molar-refractivity contribution in [2.24, 2.45) is 5.73 Å². The minimum absolute atomic E-state index is 0.479. The van der Waals surface area contributed by atoms with Crippen molar-refractivity contribution in [3.8, 4) is 0 Å². The van der Waals surface area contributed by atoms with Crippen molar-refractivity contribution in [3.05, 3.63) is 42.1 Å². The van der Waals surface area contributed by atoms with Gasteiger partial charge in [-0.05, 0) is 24.6 Å². The summed E-state index contributed by atoms with van der Waals surface area (Å²) in [6, 6.07) is 10.1. The normalized spacial score (nSPS) is 14.9. The minimum Gasteiger partial charge on any atom is -0.382 e. The summed E-state index contributed by atoms with van der Waals surface area (Å²) in [7, 11) is 1.65. The Morgan fingerprint density at radius 2 is 2.12 bits per heavy atom. The van der Waals surface area contributed by atoms with Gasteiger partial charge in [0.1, 0.15) is 0 Å². The molecule has 2 N–H and O–H groups in total. The maximum absolute atomic E-state index is 6.17. The van der Waals surface area contributed by atoms with E-state index < -0.39 is 5.54 Å². The Kier molecular flexibility index (Phi) is 2.90. The van der Waals surface area contributed by atoms with Crippen LogP contribution in [0.2, 0.25) is 0 Å². The van der Waals surface area contributed by atoms with Gasteiger partial charge in [0.15, 0.2) is 0 Å². The Morgan fingerprint density at radius 1 is 1.38 bits per heavy atom. The Balaban J connectivity index is 2.46. The molecule has 0 saturated carbocycles. The summed E-state index contributed by atoms with van der Waals surface area (Å²) in [5, 5.41) is 1.10. The van der Waals surface area contributed by atoms with Gasteiger partial charge in [-0.1, -0.05) is 18.2 Å². The summed E-state index contributed by atoms with van der Waals surface area (Å²) in [4.78, 5) is 4.39. The zero-order valence-corrected chi connectivity index (χ0v) is 9.60. The van der Waals surface area contributed by atoms with Crippen molar-refractivity contribution in [1.82, 2.24) is 4.98 Å². The molecule has 2 rings (SSSR count). The van der Waals surface area contributed by atoms with Crippen molar-refractivity contribution < 1.29 is 4.74 Å². The van der Waals surface area contributed by atoms with Crippen LogP contribution in [0.15, 0.2) is 36.5 Å². The molecule has 0 fully saturated rings. The van der Waals surface area contributed by atoms with Crippen molar-refractivity contribution in [3.63, 3.8) is 0 Å². The smallest absolute Gasteiger partial charge is 0.0702 e. The highest BCUT2D eigenvalue weighted by Gasteiger charge is 2.21. The van der Waals surface area contributed by atoms with Crippen LogP contribution in [-0.4, -0.2) is 18.7 Å². The van der Waals surface area contributed by atoms with Gasteiger partial charge in [0, 0.05) is 18.7 Å². The van der Waals surface area contributed by atoms with E-state index in [4.69, 9.17) is 10.5 Å². The first-order valence-corrected chi connectivity index (χ1v) is 5.26. The molecule has 84 valence electrons. The molecular weight excluding hydrogens is 200 g/mol. The second-order valence-electron chi connectivity index (χ2n) is 4.27. The average molecular weight is 216 g/mol. The number of aromatic nitrogens is 1. The summed E-state index contributed by atoms with van der Waals surface area (Å²) < 4.78 is 5.12. The lowest BCUT2D eigenvalue weighted by atomic mass is 9.95. The number of hydrogen-bond donors (Lipinski definition) is 1. The first-order chi connectivity index (χ1) is 7.63. The molecule has 0 aliphatic carbocycles. The van der Waals surface area contributed by atoms with Crippen molar-refractivity contribution in [2.75, 3.05) is 13.7 Å². The fraction of sp³-hybridized carbons (Fsp3) is 0.308. The number of ether oxygens (including phenoxy) is 1. The second-order valence-corrected chi connectivity index (χ2v) is 4.27. The van der Waals surface area contributed by atoms with Crippen molar-refractivity contribution >= 4 is 10.9 Å². The fourth-order valence-electron chi connectivity index (χ4n) is 1.77. The lowest BCUT2D eigenvalue weighted by Crippen LogP contribution is -2.37. The number of hydrogen-bond acceptors (Lipinski definition) is 3. The Bertz CT molecular complexity index is 494. The van der Waals surface area contributed by atoms with E-state index in [1.54, 1.807) is 7.11 Å². The number of nitrogens with two attached hydrogens (primary N) is 1. The van der Waals surface area contributed by atoms with E-state index in [-0.39, 0.29) is 0 Å². The molecule has 0 saturated heterocycles. The van der Waals surface area contributed by atoms with Crippen LogP contribution < -0.4 is 5.73 Å². The SMILES string of the molecule is COCC(C)(N)c1cnc2ccccc2c1. The third-order valence-corrected chi connectivity index (χ3v) is 2.69. The standard InChI is InChI=1S/C13H16N2O/c1-13(14,9-16-2)11-7-10-5-3-4-6-12(10)15-8-11/h3-8H,9,14H2,1-2H3. The van der Waals surface area contributed by atoms with Crippen LogP contribution in [0.1, 0.15) is 12.5 Å². The van der Waals surface area contributed by atoms with E-state index in [2.05, 4.69) is 11.1 Å². The number of methoxy groups -OCH3 is 1. The van der Waals surface area contributed by atoms with Gasteiger partial charge in [0.2, 0.25) is 0 Å². The van der Waals surface area contributed by atoms with Gasteiger partial charge in [-0.15, -0.1) is 0 Å². The average Bonchev–Trinajstić information content (AvgIpc) is 2.28. The Labute approximate surface area is 95.2 Å².